The van der Waals surface area contributed by atoms with Gasteiger partial charge in [0, 0.05) is 5.56 Å². The van der Waals surface area contributed by atoms with Gasteiger partial charge in [-0.25, -0.2) is 9.80 Å². The highest BCUT2D eigenvalue weighted by Gasteiger charge is 2.34. The minimum Gasteiger partial charge on any atom is -0.465 e. The molecule has 3 aromatic rings. The summed E-state index contributed by atoms with van der Waals surface area (Å²) in [5.41, 5.74) is 5.22. The maximum absolute atomic E-state index is 12.7. The van der Waals surface area contributed by atoms with Crippen LogP contribution in [0.1, 0.15) is 21.7 Å². The van der Waals surface area contributed by atoms with Gasteiger partial charge >= 0.3 is 5.97 Å². The Labute approximate surface area is 172 Å². The maximum Gasteiger partial charge on any atom is 0.337 e. The molecule has 0 radical (unpaired) electrons. The lowest BCUT2D eigenvalue weighted by Crippen LogP contribution is -2.35. The number of furan rings is 1. The number of ether oxygens (including phenoxy) is 1. The van der Waals surface area contributed by atoms with E-state index in [1.807, 2.05) is 19.1 Å². The summed E-state index contributed by atoms with van der Waals surface area (Å²) < 4.78 is 10.5. The van der Waals surface area contributed by atoms with Crippen molar-refractivity contribution in [3.8, 4) is 11.3 Å². The summed E-state index contributed by atoms with van der Waals surface area (Å²) in [5.74, 6) is -0.581. The normalized spacial score (nSPS) is 14.9. The number of nitrogens with zero attached hydrogens (tertiary/aromatic N) is 1. The number of methoxy groups -OCH3 is 1. The van der Waals surface area contributed by atoms with Gasteiger partial charge in [-0.2, -0.15) is 0 Å². The molecule has 1 fully saturated rings. The van der Waals surface area contributed by atoms with E-state index < -0.39 is 17.8 Å². The zero-order valence-corrected chi connectivity index (χ0v) is 16.3. The van der Waals surface area contributed by atoms with Gasteiger partial charge in [-0.1, -0.05) is 29.8 Å². The van der Waals surface area contributed by atoms with Crippen LogP contribution in [0, 0.1) is 6.92 Å². The quantitative estimate of drug-likeness (QED) is 0.410. The van der Waals surface area contributed by atoms with Crippen molar-refractivity contribution in [2.45, 2.75) is 6.92 Å². The molecule has 2 amide bonds. The summed E-state index contributed by atoms with van der Waals surface area (Å²) >= 11 is 0. The fraction of sp³-hybridized carbons (Fsp3) is 0.0870. The molecule has 0 unspecified atom stereocenters. The monoisotopic (exact) mass is 402 g/mol. The third-order valence-corrected chi connectivity index (χ3v) is 4.67. The van der Waals surface area contributed by atoms with Gasteiger partial charge in [-0.3, -0.25) is 15.0 Å². The Morgan fingerprint density at radius 1 is 1.07 bits per heavy atom. The summed E-state index contributed by atoms with van der Waals surface area (Å²) in [6.07, 6.45) is 1.40. The van der Waals surface area contributed by atoms with E-state index in [0.717, 1.165) is 5.56 Å². The van der Waals surface area contributed by atoms with E-state index in [-0.39, 0.29) is 5.57 Å². The van der Waals surface area contributed by atoms with Crippen LogP contribution in [0.2, 0.25) is 0 Å². The number of carbonyl (C=O) groups is 3. The molecule has 150 valence electrons. The molecule has 1 aliphatic heterocycles. The number of carbonyl (C=O) groups excluding carboxylic acids is 3. The van der Waals surface area contributed by atoms with E-state index in [4.69, 9.17) is 9.15 Å². The number of hydrazine groups is 1. The van der Waals surface area contributed by atoms with Crippen molar-refractivity contribution < 1.29 is 23.5 Å². The van der Waals surface area contributed by atoms with Crippen LogP contribution in [-0.2, 0) is 14.3 Å². The number of rotatable bonds is 4. The molecule has 0 atom stereocenters. The molecule has 0 aliphatic carbocycles. The molecule has 1 aromatic heterocycles. The van der Waals surface area contributed by atoms with Gasteiger partial charge in [0.15, 0.2) is 0 Å². The number of amides is 2. The first-order valence-corrected chi connectivity index (χ1v) is 9.18. The van der Waals surface area contributed by atoms with E-state index in [1.54, 1.807) is 48.5 Å². The van der Waals surface area contributed by atoms with Crippen LogP contribution in [0.5, 0.6) is 0 Å². The van der Waals surface area contributed by atoms with Gasteiger partial charge in [-0.05, 0) is 49.4 Å². The van der Waals surface area contributed by atoms with Crippen LogP contribution < -0.4 is 10.4 Å². The number of hydrogen-bond acceptors (Lipinski definition) is 5. The first kappa shape index (κ1) is 19.2. The minimum atomic E-state index is -0.508. The first-order chi connectivity index (χ1) is 14.5. The lowest BCUT2D eigenvalue weighted by atomic mass is 10.1. The van der Waals surface area contributed by atoms with Crippen LogP contribution >= 0.6 is 0 Å². The van der Waals surface area contributed by atoms with Crippen molar-refractivity contribution in [1.29, 1.82) is 0 Å². The molecule has 7 nitrogen and oxygen atoms in total. The first-order valence-electron chi connectivity index (χ1n) is 9.18. The van der Waals surface area contributed by atoms with Crippen molar-refractivity contribution in [3.05, 3.63) is 83.1 Å². The van der Waals surface area contributed by atoms with Crippen LogP contribution in [0.3, 0.4) is 0 Å². The highest BCUT2D eigenvalue weighted by atomic mass is 16.5. The van der Waals surface area contributed by atoms with E-state index in [1.165, 1.54) is 18.2 Å². The molecule has 30 heavy (non-hydrogen) atoms. The second-order valence-electron chi connectivity index (χ2n) is 6.75. The molecular formula is C23H18N2O5. The number of nitrogens with one attached hydrogen (secondary N) is 1. The molecule has 0 bridgehead atoms. The summed E-state index contributed by atoms with van der Waals surface area (Å²) in [5, 5.41) is 1.21. The van der Waals surface area contributed by atoms with Gasteiger partial charge < -0.3 is 9.15 Å². The van der Waals surface area contributed by atoms with Gasteiger partial charge in [0.25, 0.3) is 11.8 Å². The highest BCUT2D eigenvalue weighted by Crippen LogP contribution is 2.26. The summed E-state index contributed by atoms with van der Waals surface area (Å²) in [6.45, 7) is 1.94. The van der Waals surface area contributed by atoms with Crippen molar-refractivity contribution in [1.82, 2.24) is 5.43 Å². The zero-order chi connectivity index (χ0) is 21.3. The average Bonchev–Trinajstić information content (AvgIpc) is 3.34. The molecule has 7 heteroatoms. The van der Waals surface area contributed by atoms with Crippen molar-refractivity contribution in [2.75, 3.05) is 12.1 Å². The SMILES string of the molecule is COC(=O)c1cccc(-c2ccc(/C=C3/C(=O)NN(c4ccc(C)cc4)C3=O)o2)c1. The Hall–Kier alpha value is -4.13. The summed E-state index contributed by atoms with van der Waals surface area (Å²) in [6, 6.07) is 17.4. The minimum absolute atomic E-state index is 0.0280. The number of anilines is 1. The third-order valence-electron chi connectivity index (χ3n) is 4.67. The Morgan fingerprint density at radius 3 is 2.57 bits per heavy atom. The Kier molecular flexibility index (Phi) is 4.93. The lowest BCUT2D eigenvalue weighted by molar-refractivity contribution is -0.117. The number of esters is 1. The Bertz CT molecular complexity index is 1170. The van der Waals surface area contributed by atoms with Gasteiger partial charge in [-0.15, -0.1) is 0 Å². The highest BCUT2D eigenvalue weighted by molar-refractivity contribution is 6.31. The smallest absolute Gasteiger partial charge is 0.337 e. The predicted molar refractivity (Wildman–Crippen MR) is 110 cm³/mol. The molecule has 1 saturated heterocycles. The molecule has 0 saturated carbocycles. The van der Waals surface area contributed by atoms with Crippen molar-refractivity contribution in [2.24, 2.45) is 0 Å². The maximum atomic E-state index is 12.7. The summed E-state index contributed by atoms with van der Waals surface area (Å²) in [4.78, 5) is 36.8. The van der Waals surface area contributed by atoms with Crippen LogP contribution in [0.25, 0.3) is 17.4 Å². The molecule has 2 aromatic carbocycles. The molecule has 2 heterocycles. The Morgan fingerprint density at radius 2 is 1.83 bits per heavy atom. The van der Waals surface area contributed by atoms with Gasteiger partial charge in [0.1, 0.15) is 17.1 Å². The molecule has 0 spiro atoms. The second-order valence-corrected chi connectivity index (χ2v) is 6.75. The standard InChI is InChI=1S/C23H18N2O5/c1-14-6-8-17(9-7-14)25-22(27)19(21(26)24-25)13-18-10-11-20(30-18)15-4-3-5-16(12-15)23(28)29-2/h3-13H,1-2H3,(H,24,26)/b19-13-. The zero-order valence-electron chi connectivity index (χ0n) is 16.3. The van der Waals surface area contributed by atoms with Crippen LogP contribution in [0.4, 0.5) is 5.69 Å². The van der Waals surface area contributed by atoms with E-state index in [0.29, 0.717) is 28.3 Å². The van der Waals surface area contributed by atoms with Crippen molar-refractivity contribution >= 4 is 29.5 Å². The van der Waals surface area contributed by atoms with Gasteiger partial charge in [0.2, 0.25) is 0 Å². The van der Waals surface area contributed by atoms with Crippen LogP contribution in [0.15, 0.2) is 70.7 Å². The predicted octanol–water partition coefficient (Wildman–Crippen LogP) is 3.50. The number of hydrogen-bond donors (Lipinski definition) is 1. The second kappa shape index (κ2) is 7.71. The fourth-order valence-electron chi connectivity index (χ4n) is 3.08. The lowest BCUT2D eigenvalue weighted by Gasteiger charge is -2.14. The molecule has 4 rings (SSSR count). The molecular weight excluding hydrogens is 384 g/mol. The molecule has 1 N–H and O–H groups in total. The Balaban J connectivity index is 1.60. The topological polar surface area (TPSA) is 88.9 Å². The van der Waals surface area contributed by atoms with Gasteiger partial charge in [0.05, 0.1) is 18.4 Å². The molecule has 1 aliphatic rings. The average molecular weight is 402 g/mol. The third kappa shape index (κ3) is 3.60. The largest absolute Gasteiger partial charge is 0.465 e. The van der Waals surface area contributed by atoms with Crippen LogP contribution in [-0.4, -0.2) is 24.9 Å². The van der Waals surface area contributed by atoms with E-state index in [2.05, 4.69) is 5.43 Å². The summed E-state index contributed by atoms with van der Waals surface area (Å²) in [7, 11) is 1.32. The number of aryl methyl sites for hydroxylation is 1. The fourth-order valence-corrected chi connectivity index (χ4v) is 3.08. The van der Waals surface area contributed by atoms with E-state index >= 15 is 0 Å². The number of benzene rings is 2. The van der Waals surface area contributed by atoms with Crippen molar-refractivity contribution in [3.63, 3.8) is 0 Å². The van der Waals surface area contributed by atoms with E-state index in [9.17, 15) is 14.4 Å².